The molecule has 5 rings (SSSR count). The number of pyridine rings is 1. The molecule has 0 spiro atoms. The van der Waals surface area contributed by atoms with E-state index < -0.39 is 11.8 Å². The maximum absolute atomic E-state index is 11.6. The van der Waals surface area contributed by atoms with E-state index in [4.69, 9.17) is 21.1 Å². The van der Waals surface area contributed by atoms with E-state index in [-0.39, 0.29) is 5.56 Å². The molecule has 0 saturated carbocycles. The van der Waals surface area contributed by atoms with Gasteiger partial charge < -0.3 is 14.6 Å². The van der Waals surface area contributed by atoms with E-state index in [2.05, 4.69) is 4.98 Å². The van der Waals surface area contributed by atoms with E-state index >= 15 is 0 Å². The predicted molar refractivity (Wildman–Crippen MR) is 138 cm³/mol. The number of carboxylic acid groups (broad SMARTS) is 1. The summed E-state index contributed by atoms with van der Waals surface area (Å²) in [5.74, 6) is -2.07. The van der Waals surface area contributed by atoms with Crippen LogP contribution in [0.2, 0.25) is 5.02 Å². The SMILES string of the molecule is O=C(O)c1ccccc1C=CC1(c2cccc(/C=C/c3ccc4ccc(Cl)cc4n3)c2)OCCO1. The van der Waals surface area contributed by atoms with Gasteiger partial charge in [-0.1, -0.05) is 72.3 Å². The van der Waals surface area contributed by atoms with Crippen molar-refractivity contribution in [1.29, 1.82) is 0 Å². The zero-order chi connectivity index (χ0) is 24.3. The Balaban J connectivity index is 1.44. The minimum Gasteiger partial charge on any atom is -0.478 e. The van der Waals surface area contributed by atoms with E-state index in [1.807, 2.05) is 66.7 Å². The lowest BCUT2D eigenvalue weighted by molar-refractivity contribution is -0.122. The molecule has 0 bridgehead atoms. The maximum Gasteiger partial charge on any atom is 0.336 e. The van der Waals surface area contributed by atoms with Crippen LogP contribution in [0, 0.1) is 0 Å². The molecule has 0 unspecified atom stereocenters. The second kappa shape index (κ2) is 9.84. The first-order valence-electron chi connectivity index (χ1n) is 11.2. The van der Waals surface area contributed by atoms with Gasteiger partial charge in [-0.05, 0) is 53.6 Å². The summed E-state index contributed by atoms with van der Waals surface area (Å²) in [6.45, 7) is 0.878. The van der Waals surface area contributed by atoms with Crippen LogP contribution in [0.1, 0.15) is 32.7 Å². The van der Waals surface area contributed by atoms with E-state index in [9.17, 15) is 9.90 Å². The summed E-state index contributed by atoms with van der Waals surface area (Å²) < 4.78 is 12.0. The highest BCUT2D eigenvalue weighted by atomic mass is 35.5. The summed E-state index contributed by atoms with van der Waals surface area (Å²) in [6, 6.07) is 24.3. The second-order valence-corrected chi connectivity index (χ2v) is 8.56. The first-order valence-corrected chi connectivity index (χ1v) is 11.5. The Hall–Kier alpha value is -3.77. The van der Waals surface area contributed by atoms with Gasteiger partial charge >= 0.3 is 5.97 Å². The van der Waals surface area contributed by atoms with Gasteiger partial charge in [0, 0.05) is 16.0 Å². The van der Waals surface area contributed by atoms with Gasteiger partial charge in [0.25, 0.3) is 0 Å². The Bertz CT molecular complexity index is 1450. The molecular weight excluding hydrogens is 462 g/mol. The molecule has 1 saturated heterocycles. The lowest BCUT2D eigenvalue weighted by Crippen LogP contribution is -2.24. The summed E-state index contributed by atoms with van der Waals surface area (Å²) in [7, 11) is 0. The highest BCUT2D eigenvalue weighted by molar-refractivity contribution is 6.31. The molecular formula is C29H22ClNO4. The van der Waals surface area contributed by atoms with E-state index in [1.165, 1.54) is 0 Å². The fourth-order valence-corrected chi connectivity index (χ4v) is 4.23. The van der Waals surface area contributed by atoms with Gasteiger partial charge in [-0.3, -0.25) is 0 Å². The number of aromatic carboxylic acids is 1. The summed E-state index contributed by atoms with van der Waals surface area (Å²) in [6.07, 6.45) is 7.44. The Labute approximate surface area is 207 Å². The Morgan fingerprint density at radius 2 is 1.71 bits per heavy atom. The molecule has 2 heterocycles. The molecule has 1 fully saturated rings. The van der Waals surface area contributed by atoms with Crippen molar-refractivity contribution in [3.8, 4) is 0 Å². The number of benzene rings is 3. The van der Waals surface area contributed by atoms with Gasteiger partial charge in [0.2, 0.25) is 5.79 Å². The van der Waals surface area contributed by atoms with Crippen LogP contribution < -0.4 is 0 Å². The normalized spacial score (nSPS) is 15.3. The van der Waals surface area contributed by atoms with Gasteiger partial charge in [0.05, 0.1) is 30.0 Å². The standard InChI is InChI=1S/C29H22ClNO4/c30-24-11-9-22-10-13-25(31-27(22)19-24)12-8-20-4-3-6-23(18-20)29(34-16-17-35-29)15-14-21-5-1-2-7-26(21)28(32)33/h1-15,18-19H,16-17H2,(H,32,33)/b12-8+,15-14?. The zero-order valence-corrected chi connectivity index (χ0v) is 19.5. The van der Waals surface area contributed by atoms with Crippen molar-refractivity contribution < 1.29 is 19.4 Å². The first-order chi connectivity index (χ1) is 17.0. The lowest BCUT2D eigenvalue weighted by atomic mass is 9.99. The summed E-state index contributed by atoms with van der Waals surface area (Å²) in [5, 5.41) is 11.2. The van der Waals surface area contributed by atoms with E-state index in [0.29, 0.717) is 23.8 Å². The van der Waals surface area contributed by atoms with Gasteiger partial charge in [0.1, 0.15) is 0 Å². The smallest absolute Gasteiger partial charge is 0.336 e. The number of hydrogen-bond donors (Lipinski definition) is 1. The molecule has 1 aliphatic rings. The largest absolute Gasteiger partial charge is 0.478 e. The quantitative estimate of drug-likeness (QED) is 0.331. The summed E-state index contributed by atoms with van der Waals surface area (Å²) >= 11 is 6.11. The van der Waals surface area contributed by atoms with Crippen LogP contribution >= 0.6 is 11.6 Å². The van der Waals surface area contributed by atoms with Crippen LogP contribution in [-0.4, -0.2) is 29.3 Å². The molecule has 35 heavy (non-hydrogen) atoms. The van der Waals surface area contributed by atoms with Crippen LogP contribution in [-0.2, 0) is 15.3 Å². The Kier molecular flexibility index (Phi) is 6.47. The molecule has 174 valence electrons. The minimum atomic E-state index is -1.09. The van der Waals surface area contributed by atoms with E-state index in [1.54, 1.807) is 36.4 Å². The Morgan fingerprint density at radius 1 is 0.914 bits per heavy atom. The number of carboxylic acids is 1. The fraction of sp³-hybridized carbons (Fsp3) is 0.103. The lowest BCUT2D eigenvalue weighted by Gasteiger charge is -2.24. The molecule has 4 aromatic rings. The van der Waals surface area contributed by atoms with Crippen molar-refractivity contribution >= 4 is 46.7 Å². The molecule has 1 aliphatic heterocycles. The summed E-state index contributed by atoms with van der Waals surface area (Å²) in [5.41, 5.74) is 4.23. The average molecular weight is 484 g/mol. The third-order valence-corrected chi connectivity index (χ3v) is 6.04. The number of carbonyl (C=O) groups is 1. The summed E-state index contributed by atoms with van der Waals surface area (Å²) in [4.78, 5) is 16.2. The first kappa shape index (κ1) is 23.0. The molecule has 1 aromatic heterocycles. The van der Waals surface area contributed by atoms with E-state index in [0.717, 1.165) is 27.7 Å². The Morgan fingerprint density at radius 3 is 2.54 bits per heavy atom. The highest BCUT2D eigenvalue weighted by Crippen LogP contribution is 2.34. The number of ether oxygens (including phenoxy) is 2. The molecule has 0 atom stereocenters. The molecule has 0 aliphatic carbocycles. The van der Waals surface area contributed by atoms with Crippen molar-refractivity contribution in [2.75, 3.05) is 13.2 Å². The third-order valence-electron chi connectivity index (χ3n) is 5.80. The van der Waals surface area contributed by atoms with Gasteiger partial charge in [-0.15, -0.1) is 0 Å². The van der Waals surface area contributed by atoms with Crippen LogP contribution in [0.4, 0.5) is 0 Å². The van der Waals surface area contributed by atoms with Gasteiger partial charge in [-0.2, -0.15) is 0 Å². The third kappa shape index (κ3) is 5.03. The molecule has 1 N–H and O–H groups in total. The zero-order valence-electron chi connectivity index (χ0n) is 18.7. The number of hydrogen-bond acceptors (Lipinski definition) is 4. The minimum absolute atomic E-state index is 0.220. The van der Waals surface area contributed by atoms with Gasteiger partial charge in [0.15, 0.2) is 0 Å². The van der Waals surface area contributed by atoms with Crippen LogP contribution in [0.15, 0.2) is 84.9 Å². The highest BCUT2D eigenvalue weighted by Gasteiger charge is 2.36. The number of fused-ring (bicyclic) bond motifs is 1. The van der Waals surface area contributed by atoms with Crippen molar-refractivity contribution in [3.63, 3.8) is 0 Å². The molecule has 3 aromatic carbocycles. The molecule has 5 nitrogen and oxygen atoms in total. The van der Waals surface area contributed by atoms with Crippen molar-refractivity contribution in [2.45, 2.75) is 5.79 Å². The molecule has 0 radical (unpaired) electrons. The van der Waals surface area contributed by atoms with Crippen LogP contribution in [0.3, 0.4) is 0 Å². The maximum atomic E-state index is 11.6. The predicted octanol–water partition coefficient (Wildman–Crippen LogP) is 6.67. The van der Waals surface area contributed by atoms with Crippen molar-refractivity contribution in [1.82, 2.24) is 4.98 Å². The number of nitrogens with zero attached hydrogens (tertiary/aromatic N) is 1. The molecule has 6 heteroatoms. The monoisotopic (exact) mass is 483 g/mol. The van der Waals surface area contributed by atoms with Crippen molar-refractivity contribution in [3.05, 3.63) is 118 Å². The van der Waals surface area contributed by atoms with Crippen LogP contribution in [0.5, 0.6) is 0 Å². The number of halogens is 1. The second-order valence-electron chi connectivity index (χ2n) is 8.12. The van der Waals surface area contributed by atoms with Crippen molar-refractivity contribution in [2.24, 2.45) is 0 Å². The van der Waals surface area contributed by atoms with Crippen LogP contribution in [0.25, 0.3) is 29.1 Å². The fourth-order valence-electron chi connectivity index (χ4n) is 4.06. The topological polar surface area (TPSA) is 68.7 Å². The van der Waals surface area contributed by atoms with Gasteiger partial charge in [-0.25, -0.2) is 9.78 Å². The number of rotatable bonds is 6. The average Bonchev–Trinajstić information content (AvgIpc) is 3.36. The molecule has 0 amide bonds. The number of aromatic nitrogens is 1.